The van der Waals surface area contributed by atoms with E-state index in [2.05, 4.69) is 0 Å². The first-order valence-corrected chi connectivity index (χ1v) is 8.58. The summed E-state index contributed by atoms with van der Waals surface area (Å²) in [5, 5.41) is 0.907. The topological polar surface area (TPSA) is 68.3 Å². The van der Waals surface area contributed by atoms with Gasteiger partial charge in [-0.05, 0) is 23.3 Å². The van der Waals surface area contributed by atoms with Crippen molar-refractivity contribution >= 4 is 25.2 Å². The summed E-state index contributed by atoms with van der Waals surface area (Å²) < 4.78 is 59.6. The SMILES string of the molecule is CCS(=O)(=O)CC1=CS(=O)(=O)c2cc(F)ccc21. The normalized spacial score (nSPS) is 17.3. The number of rotatable bonds is 3. The van der Waals surface area contributed by atoms with Crippen molar-refractivity contribution in [3.63, 3.8) is 0 Å². The second-order valence-electron chi connectivity index (χ2n) is 4.01. The summed E-state index contributed by atoms with van der Waals surface area (Å²) in [7, 11) is -7.06. The van der Waals surface area contributed by atoms with Crippen LogP contribution in [-0.2, 0) is 19.7 Å². The van der Waals surface area contributed by atoms with Gasteiger partial charge in [0.1, 0.15) is 5.82 Å². The number of sulfone groups is 2. The molecule has 0 saturated carbocycles. The first-order valence-electron chi connectivity index (χ1n) is 5.21. The minimum absolute atomic E-state index is 0.0685. The second-order valence-corrected chi connectivity index (χ2v) is 8.12. The highest BCUT2D eigenvalue weighted by Gasteiger charge is 2.29. The van der Waals surface area contributed by atoms with E-state index >= 15 is 0 Å². The van der Waals surface area contributed by atoms with Gasteiger partial charge in [-0.25, -0.2) is 21.2 Å². The molecule has 0 saturated heterocycles. The molecule has 1 aliphatic heterocycles. The van der Waals surface area contributed by atoms with E-state index in [1.54, 1.807) is 0 Å². The lowest BCUT2D eigenvalue weighted by atomic mass is 10.1. The lowest BCUT2D eigenvalue weighted by molar-refractivity contribution is 0.598. The zero-order valence-corrected chi connectivity index (χ0v) is 11.2. The monoisotopic (exact) mass is 290 g/mol. The smallest absolute Gasteiger partial charge is 0.200 e. The maximum Gasteiger partial charge on any atom is 0.200 e. The van der Waals surface area contributed by atoms with Crippen molar-refractivity contribution < 1.29 is 21.2 Å². The van der Waals surface area contributed by atoms with Gasteiger partial charge in [0.25, 0.3) is 0 Å². The van der Waals surface area contributed by atoms with E-state index in [1.807, 2.05) is 0 Å². The van der Waals surface area contributed by atoms with Crippen molar-refractivity contribution in [3.05, 3.63) is 35.0 Å². The molecule has 1 heterocycles. The molecule has 7 heteroatoms. The average molecular weight is 290 g/mol. The lowest BCUT2D eigenvalue weighted by Gasteiger charge is -2.04. The van der Waals surface area contributed by atoms with Gasteiger partial charge >= 0.3 is 0 Å². The molecule has 0 aromatic heterocycles. The van der Waals surface area contributed by atoms with Crippen molar-refractivity contribution in [2.45, 2.75) is 11.8 Å². The van der Waals surface area contributed by atoms with Gasteiger partial charge in [-0.3, -0.25) is 0 Å². The zero-order chi connectivity index (χ0) is 13.6. The predicted octanol–water partition coefficient (Wildman–Crippen LogP) is 1.39. The Morgan fingerprint density at radius 1 is 1.28 bits per heavy atom. The molecule has 0 N–H and O–H groups in total. The molecule has 0 fully saturated rings. The van der Waals surface area contributed by atoms with Crippen LogP contribution in [0.3, 0.4) is 0 Å². The van der Waals surface area contributed by atoms with Crippen LogP contribution in [-0.4, -0.2) is 28.3 Å². The Hall–Kier alpha value is -1.21. The van der Waals surface area contributed by atoms with Crippen molar-refractivity contribution in [2.24, 2.45) is 0 Å². The maximum atomic E-state index is 13.0. The van der Waals surface area contributed by atoms with Gasteiger partial charge in [0, 0.05) is 11.2 Å². The third kappa shape index (κ3) is 2.32. The van der Waals surface area contributed by atoms with Crippen LogP contribution in [0.2, 0.25) is 0 Å². The molecule has 2 rings (SSSR count). The molecule has 0 spiro atoms. The van der Waals surface area contributed by atoms with E-state index < -0.39 is 25.5 Å². The summed E-state index contributed by atoms with van der Waals surface area (Å²) in [6.07, 6.45) is 0. The second kappa shape index (κ2) is 4.17. The third-order valence-electron chi connectivity index (χ3n) is 2.71. The summed E-state index contributed by atoms with van der Waals surface area (Å²) >= 11 is 0. The number of hydrogen-bond donors (Lipinski definition) is 0. The Morgan fingerprint density at radius 3 is 2.56 bits per heavy atom. The fourth-order valence-electron chi connectivity index (χ4n) is 1.76. The Balaban J connectivity index is 2.56. The van der Waals surface area contributed by atoms with Gasteiger partial charge in [0.2, 0.25) is 9.84 Å². The summed E-state index contributed by atoms with van der Waals surface area (Å²) in [5.41, 5.74) is 0.472. The summed E-state index contributed by atoms with van der Waals surface area (Å²) in [4.78, 5) is -0.163. The Bertz CT molecular complexity index is 730. The molecule has 0 bridgehead atoms. The number of fused-ring (bicyclic) bond motifs is 1. The van der Waals surface area contributed by atoms with Gasteiger partial charge in [-0.2, -0.15) is 0 Å². The Morgan fingerprint density at radius 2 is 1.94 bits per heavy atom. The molecule has 98 valence electrons. The zero-order valence-electron chi connectivity index (χ0n) is 9.55. The van der Waals surface area contributed by atoms with Crippen molar-refractivity contribution in [3.8, 4) is 0 Å². The molecule has 4 nitrogen and oxygen atoms in total. The van der Waals surface area contributed by atoms with Crippen LogP contribution in [0.15, 0.2) is 28.5 Å². The lowest BCUT2D eigenvalue weighted by Crippen LogP contribution is -2.09. The minimum atomic E-state index is -3.72. The van der Waals surface area contributed by atoms with Crippen LogP contribution in [0.25, 0.3) is 5.57 Å². The van der Waals surface area contributed by atoms with Gasteiger partial charge < -0.3 is 0 Å². The fourth-order valence-corrected chi connectivity index (χ4v) is 4.28. The molecule has 0 unspecified atom stereocenters. The highest BCUT2D eigenvalue weighted by Crippen LogP contribution is 2.34. The van der Waals surface area contributed by atoms with Crippen LogP contribution < -0.4 is 0 Å². The molecule has 1 aromatic rings. The van der Waals surface area contributed by atoms with E-state index in [0.717, 1.165) is 17.5 Å². The first-order chi connectivity index (χ1) is 8.25. The molecule has 0 atom stereocenters. The largest absolute Gasteiger partial charge is 0.229 e. The van der Waals surface area contributed by atoms with Gasteiger partial charge in [0.05, 0.1) is 10.6 Å². The van der Waals surface area contributed by atoms with E-state index in [9.17, 15) is 21.2 Å². The summed E-state index contributed by atoms with van der Waals surface area (Å²) in [6.45, 7) is 1.49. The highest BCUT2D eigenvalue weighted by molar-refractivity contribution is 7.95. The van der Waals surface area contributed by atoms with Crippen LogP contribution in [0, 0.1) is 5.82 Å². The molecule has 0 aliphatic carbocycles. The van der Waals surface area contributed by atoms with Gasteiger partial charge in [0.15, 0.2) is 9.84 Å². The number of hydrogen-bond acceptors (Lipinski definition) is 4. The van der Waals surface area contributed by atoms with Crippen LogP contribution in [0.4, 0.5) is 4.39 Å². The van der Waals surface area contributed by atoms with Crippen molar-refractivity contribution in [1.29, 1.82) is 0 Å². The quantitative estimate of drug-likeness (QED) is 0.843. The molecule has 1 aliphatic rings. The van der Waals surface area contributed by atoms with E-state index in [0.29, 0.717) is 0 Å². The van der Waals surface area contributed by atoms with Crippen LogP contribution in [0.5, 0.6) is 0 Å². The van der Waals surface area contributed by atoms with E-state index in [4.69, 9.17) is 0 Å². The Kier molecular flexibility index (Phi) is 3.06. The van der Waals surface area contributed by atoms with Gasteiger partial charge in [-0.15, -0.1) is 0 Å². The van der Waals surface area contributed by atoms with E-state index in [1.165, 1.54) is 13.0 Å². The number of halogens is 1. The maximum absolute atomic E-state index is 13.0. The van der Waals surface area contributed by atoms with E-state index in [-0.39, 0.29) is 27.5 Å². The summed E-state index contributed by atoms with van der Waals surface area (Å²) in [6, 6.07) is 3.32. The predicted molar refractivity (Wildman–Crippen MR) is 65.9 cm³/mol. The molecule has 18 heavy (non-hydrogen) atoms. The summed E-state index contributed by atoms with van der Waals surface area (Å²) in [5.74, 6) is -1.08. The molecular weight excluding hydrogens is 279 g/mol. The van der Waals surface area contributed by atoms with Gasteiger partial charge in [-0.1, -0.05) is 13.0 Å². The van der Waals surface area contributed by atoms with Crippen molar-refractivity contribution in [2.75, 3.05) is 11.5 Å². The first kappa shape index (κ1) is 13.2. The fraction of sp³-hybridized carbons (Fsp3) is 0.273. The molecule has 1 aromatic carbocycles. The van der Waals surface area contributed by atoms with Crippen molar-refractivity contribution in [1.82, 2.24) is 0 Å². The molecule has 0 radical (unpaired) electrons. The molecule has 0 amide bonds. The minimum Gasteiger partial charge on any atom is -0.229 e. The number of benzene rings is 1. The third-order valence-corrected chi connectivity index (χ3v) is 5.88. The van der Waals surface area contributed by atoms with Crippen LogP contribution >= 0.6 is 0 Å². The molecular formula is C11H11FO4S2. The average Bonchev–Trinajstić information content (AvgIpc) is 2.50. The highest BCUT2D eigenvalue weighted by atomic mass is 32.2. The standard InChI is InChI=1S/C11H11FO4S2/c1-2-17(13,14)6-8-7-18(15,16)11-5-9(12)3-4-10(8)11/h3-5,7H,2,6H2,1H3. The van der Waals surface area contributed by atoms with Crippen LogP contribution in [0.1, 0.15) is 12.5 Å². The Labute approximate surface area is 105 Å².